The maximum absolute atomic E-state index is 10.1. The first-order chi connectivity index (χ1) is 26.1. The van der Waals surface area contributed by atoms with Crippen molar-refractivity contribution in [2.24, 2.45) is 0 Å². The van der Waals surface area contributed by atoms with Crippen molar-refractivity contribution in [2.75, 3.05) is 0 Å². The first kappa shape index (κ1) is 120. The van der Waals surface area contributed by atoms with Gasteiger partial charge in [-0.05, 0) is 48.5 Å². The monoisotopic (exact) mass is 1390 g/mol. The van der Waals surface area contributed by atoms with Crippen LogP contribution in [0.3, 0.4) is 0 Å². The summed E-state index contributed by atoms with van der Waals surface area (Å²) in [6, 6.07) is 21.2. The molecule has 0 aliphatic heterocycles. The number of hydrogen-bond acceptors (Lipinski definition) is 28. The van der Waals surface area contributed by atoms with Crippen LogP contribution in [-0.2, 0) is 82.5 Å². The van der Waals surface area contributed by atoms with Gasteiger partial charge in [-0.25, -0.2) is 0 Å². The summed E-state index contributed by atoms with van der Waals surface area (Å²) in [5.41, 5.74) is 2.42. The Balaban J connectivity index is -0.0000000255. The molecule has 44 heteroatoms. The molecule has 18 N–H and O–H groups in total. The van der Waals surface area contributed by atoms with Crippen LogP contribution in [0, 0.1) is 168 Å². The summed E-state index contributed by atoms with van der Waals surface area (Å²) in [4.78, 5) is 64.6. The minimum absolute atomic E-state index is 0. The van der Waals surface area contributed by atoms with Crippen LogP contribution in [0.2, 0.25) is 0 Å². The summed E-state index contributed by atoms with van der Waals surface area (Å²) < 4.78 is 0. The van der Waals surface area contributed by atoms with Gasteiger partial charge in [0, 0.05) is 47.6 Å². The first-order valence-corrected chi connectivity index (χ1v) is 12.9. The van der Waals surface area contributed by atoms with Gasteiger partial charge < -0.3 is 156 Å². The Kier molecular flexibility index (Phi) is 169. The number of pyridine rings is 4. The summed E-state index contributed by atoms with van der Waals surface area (Å²) in [5.74, 6) is 0. The zero-order valence-corrected chi connectivity index (χ0v) is 39.5. The summed E-state index contributed by atoms with van der Waals surface area (Å²) in [6.45, 7) is -0.886. The van der Waals surface area contributed by atoms with Crippen LogP contribution in [0.1, 0.15) is 22.8 Å². The van der Waals surface area contributed by atoms with Gasteiger partial charge in [0.15, 0.2) is 0 Å². The molecule has 0 saturated heterocycles. The third-order valence-electron chi connectivity index (χ3n) is 3.50. The molecule has 0 fully saturated rings. The van der Waals surface area contributed by atoms with E-state index in [2.05, 4.69) is 19.9 Å². The standard InChI is InChI=1S/4C6H6NO.2Dy.2Mn.6NO3.8H2O/c4*8-5-6-3-1-2-4-7-6;;;;;6*2-1(3)4;;;;;;;;/h4*1-4H,5H2;;;;;;;;;;;8*1H2/q4*-1;4*+3;6*-1;;;;;;;;/p+2. The van der Waals surface area contributed by atoms with Gasteiger partial charge in [-0.3, -0.25) is 19.9 Å². The fourth-order valence-electron chi connectivity index (χ4n) is 1.93. The van der Waals surface area contributed by atoms with Gasteiger partial charge in [-0.2, -0.15) is 0 Å². The van der Waals surface area contributed by atoms with Gasteiger partial charge in [-0.15, -0.1) is 0 Å². The molecule has 0 aromatic carbocycles. The van der Waals surface area contributed by atoms with Crippen LogP contribution in [0.4, 0.5) is 0 Å². The summed E-state index contributed by atoms with van der Waals surface area (Å²) in [7, 11) is 0. The van der Waals surface area contributed by atoms with E-state index in [-0.39, 0.29) is 181 Å². The third kappa shape index (κ3) is 179. The summed E-state index contributed by atoms with van der Waals surface area (Å²) in [6.07, 6.45) is 6.47. The first-order valence-electron chi connectivity index (χ1n) is 12.9. The Hall–Kier alpha value is -5.10. The van der Waals surface area contributed by atoms with E-state index in [1.54, 1.807) is 97.6 Å². The van der Waals surface area contributed by atoms with Crippen molar-refractivity contribution in [1.82, 2.24) is 19.9 Å². The van der Waals surface area contributed by atoms with E-state index in [0.29, 0.717) is 22.8 Å². The smallest absolute Gasteiger partial charge is 0.870 e. The Morgan fingerprint density at radius 2 is 0.426 bits per heavy atom. The fourth-order valence-corrected chi connectivity index (χ4v) is 1.93. The molecule has 4 aromatic rings. The van der Waals surface area contributed by atoms with Gasteiger partial charge in [0.25, 0.3) is 0 Å². The zero-order valence-electron chi connectivity index (χ0n) is 33.1. The average Bonchev–Trinajstić information content (AvgIpc) is 3.12. The maximum atomic E-state index is 10.1. The van der Waals surface area contributed by atoms with Crippen LogP contribution in [0.25, 0.3) is 0 Å². The summed E-state index contributed by atoms with van der Waals surface area (Å²) in [5, 5.41) is 129. The minimum Gasteiger partial charge on any atom is -0.870 e. The van der Waals surface area contributed by atoms with E-state index < -0.39 is 30.5 Å². The Bertz CT molecular complexity index is 1280. The van der Waals surface area contributed by atoms with Gasteiger partial charge in [0.05, 0.1) is 30.5 Å². The number of hydrogen-bond donors (Lipinski definition) is 0. The van der Waals surface area contributed by atoms with Crippen LogP contribution >= 0.6 is 0 Å². The van der Waals surface area contributed by atoms with Crippen LogP contribution in [0.5, 0.6) is 0 Å². The molecule has 398 valence electrons. The molecular formula is C24H42Dy2Mn2N10O30+4. The average molecular weight is 1390 g/mol. The molecule has 2 radical (unpaired) electrons. The molecule has 0 unspecified atom stereocenters. The zero-order chi connectivity index (χ0) is 44.7. The molecule has 4 rings (SSSR count). The number of nitrogens with zero attached hydrogens (tertiary/aromatic N) is 10. The predicted octanol–water partition coefficient (Wildman–Crippen LogP) is -7.36. The minimum atomic E-state index is -1.75. The van der Waals surface area contributed by atoms with E-state index >= 15 is 0 Å². The fraction of sp³-hybridized carbons (Fsp3) is 0.167. The Labute approximate surface area is 460 Å². The van der Waals surface area contributed by atoms with Crippen molar-refractivity contribution in [3.8, 4) is 0 Å². The van der Waals surface area contributed by atoms with Gasteiger partial charge >= 0.3 is 110 Å². The quantitative estimate of drug-likeness (QED) is 0.0793. The van der Waals surface area contributed by atoms with E-state index in [1.165, 1.54) is 0 Å². The largest absolute Gasteiger partial charge is 3.00 e. The van der Waals surface area contributed by atoms with Crippen molar-refractivity contribution < 1.29 is 205 Å². The number of aromatic nitrogens is 4. The van der Waals surface area contributed by atoms with Gasteiger partial charge in [0.2, 0.25) is 0 Å². The molecule has 0 bridgehead atoms. The molecule has 40 nitrogen and oxygen atoms in total. The Morgan fingerprint density at radius 3 is 0.471 bits per heavy atom. The molecular weight excluding hydrogens is 1340 g/mol. The maximum Gasteiger partial charge on any atom is 3.00 e. The third-order valence-corrected chi connectivity index (χ3v) is 3.50. The van der Waals surface area contributed by atoms with Crippen molar-refractivity contribution in [3.05, 3.63) is 212 Å². The SMILES string of the molecule is O.O.O=[N+]([O-])[O-].O=[N+]([O-])[O-].O=[N+]([O-])[O-].O=[N+]([O-])[O-].O=[N+]([O-])[O-].O=[N+]([O-])[O-].[Dy+3].[Dy+3].[Mn+3].[Mn+3].[O-]Cc1ccccn1.[O-]Cc1ccccn1.[O-]Cc1ccccn1.[O-]Cc1ccccn1.[OH-].[OH-].[OH3+].[OH3+].[OH3+].[OH3+]. The van der Waals surface area contributed by atoms with E-state index in [4.69, 9.17) is 91.9 Å². The van der Waals surface area contributed by atoms with Crippen molar-refractivity contribution in [2.45, 2.75) is 26.4 Å². The second-order valence-corrected chi connectivity index (χ2v) is 7.20. The Morgan fingerprint density at radius 1 is 0.324 bits per heavy atom. The molecule has 0 aliphatic rings. The van der Waals surface area contributed by atoms with Gasteiger partial charge in [-0.1, -0.05) is 50.7 Å². The van der Waals surface area contributed by atoms with Crippen LogP contribution in [-0.4, -0.2) is 72.4 Å². The van der Waals surface area contributed by atoms with Crippen LogP contribution < -0.4 is 20.4 Å². The van der Waals surface area contributed by atoms with Crippen LogP contribution in [0.15, 0.2) is 97.6 Å². The molecule has 0 amide bonds. The molecule has 0 saturated carbocycles. The molecule has 4 heterocycles. The van der Waals surface area contributed by atoms with Crippen molar-refractivity contribution >= 4 is 0 Å². The molecule has 0 aliphatic carbocycles. The molecule has 0 atom stereocenters. The summed E-state index contributed by atoms with van der Waals surface area (Å²) >= 11 is 0. The normalized spacial score (nSPS) is 6.41. The predicted molar refractivity (Wildman–Crippen MR) is 205 cm³/mol. The molecule has 0 spiro atoms. The van der Waals surface area contributed by atoms with E-state index in [9.17, 15) is 20.4 Å². The van der Waals surface area contributed by atoms with Crippen molar-refractivity contribution in [1.29, 1.82) is 0 Å². The molecule has 68 heavy (non-hydrogen) atoms. The van der Waals surface area contributed by atoms with E-state index in [0.717, 1.165) is 0 Å². The number of rotatable bonds is 4. The topological polar surface area (TPSA) is 796 Å². The van der Waals surface area contributed by atoms with E-state index in [1.807, 2.05) is 0 Å². The van der Waals surface area contributed by atoms with Crippen molar-refractivity contribution in [3.63, 3.8) is 0 Å². The second kappa shape index (κ2) is 96.0. The van der Waals surface area contributed by atoms with Gasteiger partial charge in [0.1, 0.15) is 0 Å². The molecule has 4 aromatic heterocycles. The second-order valence-electron chi connectivity index (χ2n) is 7.20.